The number of hydrogen-bond donors (Lipinski definition) is 2. The summed E-state index contributed by atoms with van der Waals surface area (Å²) in [7, 11) is 0. The van der Waals surface area contributed by atoms with Gasteiger partial charge in [0.2, 0.25) is 0 Å². The van der Waals surface area contributed by atoms with Crippen LogP contribution in [0, 0.1) is 5.92 Å². The minimum atomic E-state index is -0.428. The highest BCUT2D eigenvalue weighted by Gasteiger charge is 2.29. The van der Waals surface area contributed by atoms with Crippen molar-refractivity contribution in [1.29, 1.82) is 0 Å². The highest BCUT2D eigenvalue weighted by molar-refractivity contribution is 5.93. The second-order valence-electron chi connectivity index (χ2n) is 5.12. The van der Waals surface area contributed by atoms with Gasteiger partial charge in [-0.15, -0.1) is 0 Å². The molecule has 1 aliphatic carbocycles. The first-order chi connectivity index (χ1) is 9.74. The molecule has 0 saturated heterocycles. The van der Waals surface area contributed by atoms with Gasteiger partial charge in [0.15, 0.2) is 0 Å². The van der Waals surface area contributed by atoms with Crippen LogP contribution in [0.1, 0.15) is 23.2 Å². The van der Waals surface area contributed by atoms with E-state index in [1.807, 2.05) is 30.3 Å². The molecule has 0 bridgehead atoms. The van der Waals surface area contributed by atoms with Gasteiger partial charge in [-0.05, 0) is 30.9 Å². The average Bonchev–Trinajstić information content (AvgIpc) is 3.22. The Morgan fingerprint density at radius 1 is 1.40 bits per heavy atom. The Balaban J connectivity index is 1.62. The van der Waals surface area contributed by atoms with Crippen molar-refractivity contribution in [2.24, 2.45) is 5.92 Å². The molecule has 1 saturated carbocycles. The summed E-state index contributed by atoms with van der Waals surface area (Å²) in [5, 5.41) is 16.7. The van der Waals surface area contributed by atoms with E-state index in [2.05, 4.69) is 10.4 Å². The summed E-state index contributed by atoms with van der Waals surface area (Å²) in [6, 6.07) is 9.61. The molecule has 1 aromatic carbocycles. The van der Waals surface area contributed by atoms with E-state index >= 15 is 0 Å². The van der Waals surface area contributed by atoms with Crippen molar-refractivity contribution < 1.29 is 9.90 Å². The number of aliphatic hydroxyl groups is 1. The van der Waals surface area contributed by atoms with Gasteiger partial charge in [-0.3, -0.25) is 4.79 Å². The third-order valence-electron chi connectivity index (χ3n) is 3.50. The number of hydrogen-bond acceptors (Lipinski definition) is 3. The van der Waals surface area contributed by atoms with Crippen LogP contribution in [-0.4, -0.2) is 33.4 Å². The molecule has 3 rings (SSSR count). The molecule has 1 atom stereocenters. The van der Waals surface area contributed by atoms with E-state index in [0.717, 1.165) is 18.5 Å². The zero-order valence-corrected chi connectivity index (χ0v) is 11.1. The first-order valence-electron chi connectivity index (χ1n) is 6.80. The Kier molecular flexibility index (Phi) is 3.52. The van der Waals surface area contributed by atoms with E-state index in [1.165, 1.54) is 6.20 Å². The number of benzene rings is 1. The van der Waals surface area contributed by atoms with Crippen LogP contribution in [0.2, 0.25) is 0 Å². The minimum Gasteiger partial charge on any atom is -0.391 e. The number of carbonyl (C=O) groups is 1. The maximum absolute atomic E-state index is 12.0. The minimum absolute atomic E-state index is 0.202. The largest absolute Gasteiger partial charge is 0.391 e. The van der Waals surface area contributed by atoms with Gasteiger partial charge in [0, 0.05) is 12.7 Å². The second kappa shape index (κ2) is 5.46. The summed E-state index contributed by atoms with van der Waals surface area (Å²) in [5.41, 5.74) is 1.40. The van der Waals surface area contributed by atoms with Crippen LogP contribution in [0.4, 0.5) is 0 Å². The van der Waals surface area contributed by atoms with E-state index in [1.54, 1.807) is 10.9 Å². The number of aromatic nitrogens is 2. The number of para-hydroxylation sites is 1. The lowest BCUT2D eigenvalue weighted by Crippen LogP contribution is -2.32. The van der Waals surface area contributed by atoms with Gasteiger partial charge in [-0.1, -0.05) is 18.2 Å². The molecule has 104 valence electrons. The second-order valence-corrected chi connectivity index (χ2v) is 5.12. The monoisotopic (exact) mass is 271 g/mol. The van der Waals surface area contributed by atoms with Gasteiger partial charge < -0.3 is 10.4 Å². The topological polar surface area (TPSA) is 67.2 Å². The molecule has 2 aromatic rings. The predicted molar refractivity (Wildman–Crippen MR) is 74.6 cm³/mol. The maximum Gasteiger partial charge on any atom is 0.254 e. The number of carbonyl (C=O) groups excluding carboxylic acids is 1. The van der Waals surface area contributed by atoms with Gasteiger partial charge in [0.05, 0.1) is 23.6 Å². The Labute approximate surface area is 117 Å². The van der Waals surface area contributed by atoms with Gasteiger partial charge in [-0.25, -0.2) is 4.68 Å². The van der Waals surface area contributed by atoms with Crippen LogP contribution in [0.25, 0.3) is 5.69 Å². The van der Waals surface area contributed by atoms with Crippen LogP contribution < -0.4 is 5.32 Å². The van der Waals surface area contributed by atoms with Crippen LogP contribution in [-0.2, 0) is 0 Å². The summed E-state index contributed by atoms with van der Waals surface area (Å²) in [6.07, 6.45) is 4.91. The molecule has 2 N–H and O–H groups in total. The van der Waals surface area contributed by atoms with Gasteiger partial charge in [0.1, 0.15) is 0 Å². The molecule has 1 fully saturated rings. The van der Waals surface area contributed by atoms with Gasteiger partial charge in [0.25, 0.3) is 5.91 Å². The van der Waals surface area contributed by atoms with Crippen molar-refractivity contribution >= 4 is 5.91 Å². The standard InChI is InChI=1S/C15H17N3O2/c19-14(11-6-7-11)9-16-15(20)12-8-17-18(10-12)13-4-2-1-3-5-13/h1-5,8,10-11,14,19H,6-7,9H2,(H,16,20). The summed E-state index contributed by atoms with van der Waals surface area (Å²) in [5.74, 6) is 0.161. The third kappa shape index (κ3) is 2.88. The van der Waals surface area contributed by atoms with E-state index in [-0.39, 0.29) is 5.91 Å². The highest BCUT2D eigenvalue weighted by atomic mass is 16.3. The fraction of sp³-hybridized carbons (Fsp3) is 0.333. The molecule has 5 nitrogen and oxygen atoms in total. The lowest BCUT2D eigenvalue weighted by Gasteiger charge is -2.09. The highest BCUT2D eigenvalue weighted by Crippen LogP contribution is 2.32. The molecule has 0 radical (unpaired) electrons. The molecule has 20 heavy (non-hydrogen) atoms. The van der Waals surface area contributed by atoms with Crippen molar-refractivity contribution in [3.05, 3.63) is 48.3 Å². The van der Waals surface area contributed by atoms with E-state index in [0.29, 0.717) is 18.0 Å². The molecule has 1 unspecified atom stereocenters. The molecule has 1 heterocycles. The van der Waals surface area contributed by atoms with Crippen molar-refractivity contribution in [3.63, 3.8) is 0 Å². The predicted octanol–water partition coefficient (Wildman–Crippen LogP) is 1.37. The molecule has 1 aromatic heterocycles. The first kappa shape index (κ1) is 12.9. The quantitative estimate of drug-likeness (QED) is 0.863. The Bertz CT molecular complexity index is 590. The van der Waals surface area contributed by atoms with Crippen LogP contribution >= 0.6 is 0 Å². The lowest BCUT2D eigenvalue weighted by atomic mass is 10.2. The summed E-state index contributed by atoms with van der Waals surface area (Å²) in [6.45, 7) is 0.306. The van der Waals surface area contributed by atoms with E-state index in [9.17, 15) is 9.90 Å². The number of amides is 1. The van der Waals surface area contributed by atoms with E-state index < -0.39 is 6.10 Å². The number of aliphatic hydroxyl groups excluding tert-OH is 1. The third-order valence-corrected chi connectivity index (χ3v) is 3.50. The summed E-state index contributed by atoms with van der Waals surface area (Å²) in [4.78, 5) is 12.0. The summed E-state index contributed by atoms with van der Waals surface area (Å²) < 4.78 is 1.66. The van der Waals surface area contributed by atoms with Crippen molar-refractivity contribution in [2.45, 2.75) is 18.9 Å². The van der Waals surface area contributed by atoms with Crippen molar-refractivity contribution in [2.75, 3.05) is 6.54 Å². The fourth-order valence-electron chi connectivity index (χ4n) is 2.11. The zero-order valence-electron chi connectivity index (χ0n) is 11.1. The molecule has 1 amide bonds. The Morgan fingerprint density at radius 3 is 2.85 bits per heavy atom. The van der Waals surface area contributed by atoms with Crippen LogP contribution in [0.3, 0.4) is 0 Å². The maximum atomic E-state index is 12.0. The Hall–Kier alpha value is -2.14. The summed E-state index contributed by atoms with van der Waals surface area (Å²) >= 11 is 0. The van der Waals surface area contributed by atoms with Crippen LogP contribution in [0.5, 0.6) is 0 Å². The van der Waals surface area contributed by atoms with Crippen LogP contribution in [0.15, 0.2) is 42.7 Å². The number of nitrogens with zero attached hydrogens (tertiary/aromatic N) is 2. The Morgan fingerprint density at radius 2 is 2.15 bits per heavy atom. The van der Waals surface area contributed by atoms with Crippen molar-refractivity contribution in [3.8, 4) is 5.69 Å². The van der Waals surface area contributed by atoms with Crippen molar-refractivity contribution in [1.82, 2.24) is 15.1 Å². The number of nitrogens with one attached hydrogen (secondary N) is 1. The lowest BCUT2D eigenvalue weighted by molar-refractivity contribution is 0.0901. The molecule has 5 heteroatoms. The van der Waals surface area contributed by atoms with E-state index in [4.69, 9.17) is 0 Å². The number of rotatable bonds is 5. The molecule has 1 aliphatic rings. The molecule has 0 aliphatic heterocycles. The molecule has 0 spiro atoms. The first-order valence-corrected chi connectivity index (χ1v) is 6.80. The zero-order chi connectivity index (χ0) is 13.9. The SMILES string of the molecule is O=C(NCC(O)C1CC1)c1cnn(-c2ccccc2)c1. The normalized spacial score (nSPS) is 15.8. The smallest absolute Gasteiger partial charge is 0.254 e. The van der Waals surface area contributed by atoms with Gasteiger partial charge in [-0.2, -0.15) is 5.10 Å². The molecular weight excluding hydrogens is 254 g/mol. The average molecular weight is 271 g/mol. The van der Waals surface area contributed by atoms with Gasteiger partial charge >= 0.3 is 0 Å². The fourth-order valence-corrected chi connectivity index (χ4v) is 2.11. The molecular formula is C15H17N3O2.